The maximum Gasteiger partial charge on any atom is 0.208 e. The second-order valence-corrected chi connectivity index (χ2v) is 7.62. The van der Waals surface area contributed by atoms with Gasteiger partial charge >= 0.3 is 0 Å². The standard InChI is InChI=1S/C24H26FN7O/c1-5-6-17-14(2)7-8-20(25)18(17)11-29-24-30-12-19(22(28-4)9-21(27)15(3)33)23-31-16(10-26)13-32(23)24/h7-9,12-13H,5-6,11,27H2,1-4H3,(H,29,30). The molecule has 3 rings (SSSR count). The Balaban J connectivity index is 2.06. The molecule has 0 fully saturated rings. The summed E-state index contributed by atoms with van der Waals surface area (Å²) in [6, 6.07) is 5.28. The lowest BCUT2D eigenvalue weighted by Gasteiger charge is -2.15. The van der Waals surface area contributed by atoms with Crippen LogP contribution < -0.4 is 11.1 Å². The van der Waals surface area contributed by atoms with E-state index in [-0.39, 0.29) is 29.5 Å². The number of benzene rings is 1. The fourth-order valence-corrected chi connectivity index (χ4v) is 3.59. The van der Waals surface area contributed by atoms with Gasteiger partial charge in [-0.1, -0.05) is 19.4 Å². The van der Waals surface area contributed by atoms with Gasteiger partial charge in [-0.15, -0.1) is 0 Å². The van der Waals surface area contributed by atoms with Crippen LogP contribution in [0.2, 0.25) is 0 Å². The minimum atomic E-state index is -0.289. The molecular weight excluding hydrogens is 421 g/mol. The van der Waals surface area contributed by atoms with Crippen molar-refractivity contribution in [1.82, 2.24) is 14.4 Å². The van der Waals surface area contributed by atoms with Gasteiger partial charge in [0.2, 0.25) is 5.95 Å². The van der Waals surface area contributed by atoms with E-state index in [0.29, 0.717) is 28.4 Å². The molecule has 33 heavy (non-hydrogen) atoms. The van der Waals surface area contributed by atoms with Gasteiger partial charge in [-0.05, 0) is 36.6 Å². The van der Waals surface area contributed by atoms with Gasteiger partial charge in [0.15, 0.2) is 17.1 Å². The molecule has 0 bridgehead atoms. The van der Waals surface area contributed by atoms with Crippen molar-refractivity contribution in [2.75, 3.05) is 12.4 Å². The number of allylic oxidation sites excluding steroid dienone is 2. The maximum atomic E-state index is 14.6. The fourth-order valence-electron chi connectivity index (χ4n) is 3.59. The average molecular weight is 448 g/mol. The quantitative estimate of drug-likeness (QED) is 0.403. The number of nitrogens with zero attached hydrogens (tertiary/aromatic N) is 5. The van der Waals surface area contributed by atoms with E-state index in [1.54, 1.807) is 23.7 Å². The monoisotopic (exact) mass is 447 g/mol. The molecule has 0 unspecified atom stereocenters. The number of aryl methyl sites for hydroxylation is 1. The van der Waals surface area contributed by atoms with Crippen LogP contribution in [0, 0.1) is 24.1 Å². The molecule has 3 aromatic rings. The molecule has 0 aliphatic rings. The highest BCUT2D eigenvalue weighted by Gasteiger charge is 2.17. The first kappa shape index (κ1) is 23.6. The number of carbonyl (C=O) groups is 1. The van der Waals surface area contributed by atoms with Crippen molar-refractivity contribution in [2.45, 2.75) is 40.2 Å². The molecule has 0 saturated heterocycles. The van der Waals surface area contributed by atoms with Crippen molar-refractivity contribution in [1.29, 1.82) is 5.26 Å². The zero-order valence-corrected chi connectivity index (χ0v) is 19.1. The summed E-state index contributed by atoms with van der Waals surface area (Å²) in [5.74, 6) is -0.175. The van der Waals surface area contributed by atoms with Crippen molar-refractivity contribution in [3.8, 4) is 6.07 Å². The van der Waals surface area contributed by atoms with Gasteiger partial charge in [0.25, 0.3) is 0 Å². The minimum Gasteiger partial charge on any atom is -0.396 e. The number of hydrogen-bond donors (Lipinski definition) is 2. The third-order valence-corrected chi connectivity index (χ3v) is 5.35. The molecule has 0 amide bonds. The molecule has 0 aliphatic heterocycles. The van der Waals surface area contributed by atoms with Crippen molar-refractivity contribution in [2.24, 2.45) is 10.7 Å². The smallest absolute Gasteiger partial charge is 0.208 e. The van der Waals surface area contributed by atoms with Crippen molar-refractivity contribution >= 4 is 23.1 Å². The Bertz CT molecular complexity index is 1310. The van der Waals surface area contributed by atoms with Gasteiger partial charge in [-0.2, -0.15) is 5.26 Å². The molecule has 0 radical (unpaired) electrons. The summed E-state index contributed by atoms with van der Waals surface area (Å²) in [5.41, 5.74) is 9.94. The predicted molar refractivity (Wildman–Crippen MR) is 126 cm³/mol. The predicted octanol–water partition coefficient (Wildman–Crippen LogP) is 3.46. The number of aliphatic imine (C=N–C) groups is 1. The van der Waals surface area contributed by atoms with E-state index in [9.17, 15) is 14.4 Å². The molecule has 2 aromatic heterocycles. The van der Waals surface area contributed by atoms with Gasteiger partial charge in [0.05, 0.1) is 23.2 Å². The summed E-state index contributed by atoms with van der Waals surface area (Å²) in [4.78, 5) is 24.6. The number of nitriles is 1. The van der Waals surface area contributed by atoms with E-state index in [1.165, 1.54) is 25.3 Å². The summed E-state index contributed by atoms with van der Waals surface area (Å²) >= 11 is 0. The number of aromatic nitrogens is 3. The highest BCUT2D eigenvalue weighted by Crippen LogP contribution is 2.22. The molecule has 8 nitrogen and oxygen atoms in total. The van der Waals surface area contributed by atoms with Crippen LogP contribution in [0.15, 0.2) is 41.3 Å². The number of imidazole rings is 1. The van der Waals surface area contributed by atoms with Crippen LogP contribution in [0.4, 0.5) is 10.3 Å². The Hall–Kier alpha value is -4.06. The number of fused-ring (bicyclic) bond motifs is 1. The molecular formula is C24H26FN7O. The van der Waals surface area contributed by atoms with E-state index in [1.807, 2.05) is 13.0 Å². The second-order valence-electron chi connectivity index (χ2n) is 7.62. The highest BCUT2D eigenvalue weighted by atomic mass is 19.1. The Kier molecular flexibility index (Phi) is 7.18. The summed E-state index contributed by atoms with van der Waals surface area (Å²) in [6.45, 7) is 5.61. The van der Waals surface area contributed by atoms with Gasteiger partial charge in [-0.25, -0.2) is 14.4 Å². The van der Waals surface area contributed by atoms with Gasteiger partial charge in [-0.3, -0.25) is 14.2 Å². The molecule has 0 aliphatic carbocycles. The van der Waals surface area contributed by atoms with Crippen LogP contribution in [0.25, 0.3) is 5.65 Å². The normalized spacial score (nSPS) is 12.1. The van der Waals surface area contributed by atoms with Crippen molar-refractivity contribution in [3.05, 3.63) is 70.1 Å². The lowest BCUT2D eigenvalue weighted by molar-refractivity contribution is -0.113. The molecule has 0 saturated carbocycles. The van der Waals surface area contributed by atoms with Crippen LogP contribution in [-0.4, -0.2) is 32.9 Å². The lowest BCUT2D eigenvalue weighted by atomic mass is 9.97. The summed E-state index contributed by atoms with van der Waals surface area (Å²) in [7, 11) is 1.56. The number of rotatable bonds is 8. The van der Waals surface area contributed by atoms with Crippen LogP contribution in [0.3, 0.4) is 0 Å². The van der Waals surface area contributed by atoms with Gasteiger partial charge in [0.1, 0.15) is 11.9 Å². The van der Waals surface area contributed by atoms with Gasteiger partial charge < -0.3 is 11.1 Å². The van der Waals surface area contributed by atoms with Gasteiger partial charge in [0, 0.05) is 32.3 Å². The van der Waals surface area contributed by atoms with Crippen LogP contribution in [0.5, 0.6) is 0 Å². The Morgan fingerprint density at radius 3 is 2.79 bits per heavy atom. The third-order valence-electron chi connectivity index (χ3n) is 5.35. The number of carbonyl (C=O) groups excluding carboxylic acids is 1. The van der Waals surface area contributed by atoms with Crippen molar-refractivity contribution in [3.63, 3.8) is 0 Å². The number of halogens is 1. The first-order chi connectivity index (χ1) is 15.8. The zero-order valence-electron chi connectivity index (χ0n) is 19.1. The van der Waals surface area contributed by atoms with Crippen LogP contribution in [0.1, 0.15) is 48.2 Å². The van der Waals surface area contributed by atoms with E-state index in [0.717, 1.165) is 24.0 Å². The number of nitrogens with two attached hydrogens (primary N) is 1. The fraction of sp³-hybridized carbons (Fsp3) is 0.292. The minimum absolute atomic E-state index is 0.0430. The Morgan fingerprint density at radius 2 is 2.15 bits per heavy atom. The first-order valence-corrected chi connectivity index (χ1v) is 10.5. The molecule has 9 heteroatoms. The number of hydrogen-bond acceptors (Lipinski definition) is 7. The van der Waals surface area contributed by atoms with E-state index in [4.69, 9.17) is 5.73 Å². The number of Topliss-reactive ketones (excluding diaryl/α,β-unsaturated/α-hetero) is 1. The largest absolute Gasteiger partial charge is 0.396 e. The summed E-state index contributed by atoms with van der Waals surface area (Å²) in [5, 5.41) is 12.6. The molecule has 170 valence electrons. The maximum absolute atomic E-state index is 14.6. The second kappa shape index (κ2) is 10.0. The summed E-state index contributed by atoms with van der Waals surface area (Å²) in [6.07, 6.45) is 6.20. The Labute approximate surface area is 191 Å². The molecule has 2 heterocycles. The number of nitrogens with one attached hydrogen (secondary N) is 1. The summed E-state index contributed by atoms with van der Waals surface area (Å²) < 4.78 is 16.3. The molecule has 1 aromatic carbocycles. The number of ketones is 1. The van der Waals surface area contributed by atoms with Crippen LogP contribution in [-0.2, 0) is 17.8 Å². The van der Waals surface area contributed by atoms with E-state index < -0.39 is 0 Å². The highest BCUT2D eigenvalue weighted by molar-refractivity contribution is 6.15. The molecule has 0 spiro atoms. The zero-order chi connectivity index (χ0) is 24.1. The van der Waals surface area contributed by atoms with Crippen molar-refractivity contribution < 1.29 is 9.18 Å². The SMILES string of the molecule is CCCc1c(C)ccc(F)c1CNc1ncc(C(C=C(N)C(C)=O)=NC)c2nc(C#N)cn12. The third kappa shape index (κ3) is 4.90. The first-order valence-electron chi connectivity index (χ1n) is 10.5. The number of anilines is 1. The molecule has 0 atom stereocenters. The lowest BCUT2D eigenvalue weighted by Crippen LogP contribution is -2.14. The average Bonchev–Trinajstić information content (AvgIpc) is 3.24. The van der Waals surface area contributed by atoms with Crippen LogP contribution >= 0.6 is 0 Å². The van der Waals surface area contributed by atoms with E-state index >= 15 is 0 Å². The Morgan fingerprint density at radius 1 is 1.39 bits per heavy atom. The topological polar surface area (TPSA) is 121 Å². The molecule has 3 N–H and O–H groups in total. The van der Waals surface area contributed by atoms with E-state index in [2.05, 4.69) is 27.2 Å².